The Bertz CT molecular complexity index is 505. The first-order valence-electron chi connectivity index (χ1n) is 6.68. The van der Waals surface area contributed by atoms with Crippen LogP contribution in [0.5, 0.6) is 0 Å². The highest BCUT2D eigenvalue weighted by atomic mass is 16.5. The van der Waals surface area contributed by atoms with Crippen LogP contribution < -0.4 is 5.32 Å². The van der Waals surface area contributed by atoms with Gasteiger partial charge in [-0.15, -0.1) is 0 Å². The summed E-state index contributed by atoms with van der Waals surface area (Å²) in [6.07, 6.45) is 3.10. The Labute approximate surface area is 122 Å². The molecule has 1 atom stereocenters. The summed E-state index contributed by atoms with van der Waals surface area (Å²) in [6.45, 7) is 3.12. The van der Waals surface area contributed by atoms with Gasteiger partial charge in [0.05, 0.1) is 49.8 Å². The van der Waals surface area contributed by atoms with Crippen LogP contribution in [0, 0.1) is 6.92 Å². The molecular formula is C13H18N4O4. The maximum Gasteiger partial charge on any atom is 0.318 e. The van der Waals surface area contributed by atoms with Crippen molar-refractivity contribution >= 4 is 12.0 Å². The van der Waals surface area contributed by atoms with E-state index in [-0.39, 0.29) is 25.6 Å². The Kier molecular flexibility index (Phi) is 5.04. The Morgan fingerprint density at radius 3 is 2.95 bits per heavy atom. The molecule has 114 valence electrons. The Hall–Kier alpha value is -2.22. The predicted octanol–water partition coefficient (Wildman–Crippen LogP) is 0.170. The number of carbonyl (C=O) groups is 2. The zero-order chi connectivity index (χ0) is 15.2. The Balaban J connectivity index is 1.91. The molecule has 2 N–H and O–H groups in total. The summed E-state index contributed by atoms with van der Waals surface area (Å²) in [5.74, 6) is -0.951. The largest absolute Gasteiger partial charge is 0.481 e. The third-order valence-electron chi connectivity index (χ3n) is 3.15. The fraction of sp³-hybridized carbons (Fsp3) is 0.538. The van der Waals surface area contributed by atoms with Crippen LogP contribution in [0.15, 0.2) is 12.4 Å². The first-order chi connectivity index (χ1) is 10.1. The third-order valence-corrected chi connectivity index (χ3v) is 3.15. The molecule has 0 spiro atoms. The van der Waals surface area contributed by atoms with Crippen molar-refractivity contribution < 1.29 is 19.4 Å². The number of morpholine rings is 1. The van der Waals surface area contributed by atoms with Gasteiger partial charge in [-0.05, 0) is 6.92 Å². The van der Waals surface area contributed by atoms with E-state index in [0.29, 0.717) is 18.8 Å². The van der Waals surface area contributed by atoms with Gasteiger partial charge in [-0.25, -0.2) is 4.79 Å². The van der Waals surface area contributed by atoms with Gasteiger partial charge < -0.3 is 20.1 Å². The monoisotopic (exact) mass is 294 g/mol. The fourth-order valence-corrected chi connectivity index (χ4v) is 2.07. The number of ether oxygens (including phenoxy) is 1. The maximum atomic E-state index is 12.1. The van der Waals surface area contributed by atoms with E-state index in [0.717, 1.165) is 5.69 Å². The highest BCUT2D eigenvalue weighted by molar-refractivity contribution is 5.76. The molecule has 1 aliphatic heterocycles. The fourth-order valence-electron chi connectivity index (χ4n) is 2.07. The summed E-state index contributed by atoms with van der Waals surface area (Å²) in [5, 5.41) is 11.6. The number of carbonyl (C=O) groups excluding carboxylic acids is 1. The molecule has 1 saturated heterocycles. The number of carboxylic acid groups (broad SMARTS) is 1. The van der Waals surface area contributed by atoms with Gasteiger partial charge in [0.2, 0.25) is 0 Å². The van der Waals surface area contributed by atoms with Crippen molar-refractivity contribution in [2.45, 2.75) is 25.9 Å². The molecule has 1 fully saturated rings. The Morgan fingerprint density at radius 2 is 2.29 bits per heavy atom. The average Bonchev–Trinajstić information content (AvgIpc) is 2.46. The third kappa shape index (κ3) is 4.38. The highest BCUT2D eigenvalue weighted by Crippen LogP contribution is 2.11. The second-order valence-corrected chi connectivity index (χ2v) is 4.83. The summed E-state index contributed by atoms with van der Waals surface area (Å²) < 4.78 is 5.23. The number of aryl methyl sites for hydroxylation is 1. The lowest BCUT2D eigenvalue weighted by Gasteiger charge is -2.34. The van der Waals surface area contributed by atoms with Crippen LogP contribution in [0.2, 0.25) is 0 Å². The molecule has 1 unspecified atom stereocenters. The van der Waals surface area contributed by atoms with E-state index in [2.05, 4.69) is 15.3 Å². The number of aliphatic carboxylic acids is 1. The van der Waals surface area contributed by atoms with Crippen LogP contribution in [0.25, 0.3) is 0 Å². The number of hydrogen-bond donors (Lipinski definition) is 2. The minimum atomic E-state index is -0.951. The van der Waals surface area contributed by atoms with E-state index >= 15 is 0 Å². The van der Waals surface area contributed by atoms with Crippen molar-refractivity contribution in [1.82, 2.24) is 20.2 Å². The van der Waals surface area contributed by atoms with Crippen molar-refractivity contribution in [3.63, 3.8) is 0 Å². The Morgan fingerprint density at radius 1 is 1.48 bits per heavy atom. The van der Waals surface area contributed by atoms with Crippen LogP contribution in [-0.4, -0.2) is 57.8 Å². The minimum absolute atomic E-state index is 0.127. The van der Waals surface area contributed by atoms with Crippen LogP contribution in [0.1, 0.15) is 17.8 Å². The van der Waals surface area contributed by atoms with E-state index in [9.17, 15) is 9.59 Å². The maximum absolute atomic E-state index is 12.1. The number of nitrogens with zero attached hydrogens (tertiary/aromatic N) is 3. The molecule has 1 aliphatic rings. The number of urea groups is 1. The molecule has 1 aromatic rings. The van der Waals surface area contributed by atoms with E-state index in [1.54, 1.807) is 12.4 Å². The van der Waals surface area contributed by atoms with Crippen LogP contribution in [0.3, 0.4) is 0 Å². The normalized spacial score (nSPS) is 18.3. The van der Waals surface area contributed by atoms with E-state index < -0.39 is 12.0 Å². The quantitative estimate of drug-likeness (QED) is 0.820. The molecule has 2 heterocycles. The summed E-state index contributed by atoms with van der Waals surface area (Å²) >= 11 is 0. The zero-order valence-corrected chi connectivity index (χ0v) is 11.8. The van der Waals surface area contributed by atoms with E-state index in [4.69, 9.17) is 9.84 Å². The van der Waals surface area contributed by atoms with Gasteiger partial charge in [0, 0.05) is 12.7 Å². The molecule has 8 heteroatoms. The molecule has 21 heavy (non-hydrogen) atoms. The number of nitrogens with one attached hydrogen (secondary N) is 1. The topological polar surface area (TPSA) is 105 Å². The molecule has 0 aromatic carbocycles. The summed E-state index contributed by atoms with van der Waals surface area (Å²) in [5.41, 5.74) is 1.46. The molecule has 1 aromatic heterocycles. The van der Waals surface area contributed by atoms with Crippen molar-refractivity contribution in [1.29, 1.82) is 0 Å². The standard InChI is InChI=1S/C13H18N4O4/c1-9-5-15-10(6-14-9)7-16-13(20)17-2-3-21-8-11(17)4-12(18)19/h5-6,11H,2-4,7-8H2,1H3,(H,16,20)(H,18,19). The molecular weight excluding hydrogens is 276 g/mol. The van der Waals surface area contributed by atoms with Crippen LogP contribution in [-0.2, 0) is 16.1 Å². The van der Waals surface area contributed by atoms with Crippen molar-refractivity contribution in [2.24, 2.45) is 0 Å². The smallest absolute Gasteiger partial charge is 0.318 e. The lowest BCUT2D eigenvalue weighted by Crippen LogP contribution is -2.53. The van der Waals surface area contributed by atoms with Gasteiger partial charge >= 0.3 is 12.0 Å². The number of aromatic nitrogens is 2. The van der Waals surface area contributed by atoms with E-state index in [1.807, 2.05) is 6.92 Å². The molecule has 0 saturated carbocycles. The van der Waals surface area contributed by atoms with E-state index in [1.165, 1.54) is 4.90 Å². The zero-order valence-electron chi connectivity index (χ0n) is 11.8. The van der Waals surface area contributed by atoms with Gasteiger partial charge in [0.1, 0.15) is 0 Å². The molecule has 8 nitrogen and oxygen atoms in total. The minimum Gasteiger partial charge on any atom is -0.481 e. The number of rotatable bonds is 4. The van der Waals surface area contributed by atoms with Crippen molar-refractivity contribution in [2.75, 3.05) is 19.8 Å². The van der Waals surface area contributed by atoms with Crippen LogP contribution in [0.4, 0.5) is 4.79 Å². The lowest BCUT2D eigenvalue weighted by atomic mass is 10.1. The molecule has 0 radical (unpaired) electrons. The molecule has 0 bridgehead atoms. The average molecular weight is 294 g/mol. The van der Waals surface area contributed by atoms with Crippen molar-refractivity contribution in [3.05, 3.63) is 23.8 Å². The summed E-state index contributed by atoms with van der Waals surface area (Å²) in [4.78, 5) is 32.7. The van der Waals surface area contributed by atoms with Gasteiger partial charge in [-0.1, -0.05) is 0 Å². The predicted molar refractivity (Wildman–Crippen MR) is 72.6 cm³/mol. The van der Waals surface area contributed by atoms with Gasteiger partial charge in [0.25, 0.3) is 0 Å². The number of amides is 2. The molecule has 0 aliphatic carbocycles. The van der Waals surface area contributed by atoms with Crippen molar-refractivity contribution in [3.8, 4) is 0 Å². The molecule has 2 rings (SSSR count). The second kappa shape index (κ2) is 6.98. The lowest BCUT2D eigenvalue weighted by molar-refractivity contribution is -0.139. The van der Waals surface area contributed by atoms with Gasteiger partial charge in [0.15, 0.2) is 0 Å². The first kappa shape index (κ1) is 15.2. The number of hydrogen-bond acceptors (Lipinski definition) is 5. The molecule has 2 amide bonds. The highest BCUT2D eigenvalue weighted by Gasteiger charge is 2.28. The first-order valence-corrected chi connectivity index (χ1v) is 6.68. The summed E-state index contributed by atoms with van der Waals surface area (Å²) in [7, 11) is 0. The van der Waals surface area contributed by atoms with Gasteiger partial charge in [-0.3, -0.25) is 14.8 Å². The number of carboxylic acids is 1. The second-order valence-electron chi connectivity index (χ2n) is 4.83. The summed E-state index contributed by atoms with van der Waals surface area (Å²) in [6, 6.07) is -0.757. The SMILES string of the molecule is Cc1cnc(CNC(=O)N2CCOCC2CC(=O)O)cn1. The van der Waals surface area contributed by atoms with Gasteiger partial charge in [-0.2, -0.15) is 0 Å². The van der Waals surface area contributed by atoms with Crippen LogP contribution >= 0.6 is 0 Å².